The summed E-state index contributed by atoms with van der Waals surface area (Å²) in [6.45, 7) is 0. The summed E-state index contributed by atoms with van der Waals surface area (Å²) in [6.07, 6.45) is 0. The monoisotopic (exact) mass is 266 g/mol. The fourth-order valence-corrected chi connectivity index (χ4v) is 2.00. The first-order valence-electron chi connectivity index (χ1n) is 6.30. The van der Waals surface area contributed by atoms with Gasteiger partial charge >= 0.3 is 0 Å². The molecule has 0 bridgehead atoms. The van der Waals surface area contributed by atoms with Gasteiger partial charge in [-0.3, -0.25) is 4.79 Å². The summed E-state index contributed by atoms with van der Waals surface area (Å²) in [5, 5.41) is 5.77. The van der Waals surface area contributed by atoms with Crippen LogP contribution in [0.5, 0.6) is 0 Å². The van der Waals surface area contributed by atoms with Crippen LogP contribution in [0.15, 0.2) is 48.5 Å². The molecule has 5 heteroatoms. The molecule has 0 radical (unpaired) electrons. The van der Waals surface area contributed by atoms with E-state index < -0.39 is 0 Å². The molecule has 3 N–H and O–H groups in total. The minimum atomic E-state index is -0.0970. The van der Waals surface area contributed by atoms with E-state index in [1.807, 2.05) is 36.4 Å². The summed E-state index contributed by atoms with van der Waals surface area (Å²) >= 11 is 0. The number of rotatable bonds is 3. The number of nitrogens with one attached hydrogen (secondary N) is 3. The largest absolute Gasteiger partial charge is 0.355 e. The van der Waals surface area contributed by atoms with E-state index in [1.54, 1.807) is 19.2 Å². The Hall–Kier alpha value is -2.82. The molecule has 100 valence electrons. The number of para-hydroxylation sites is 2. The van der Waals surface area contributed by atoms with E-state index in [-0.39, 0.29) is 5.91 Å². The van der Waals surface area contributed by atoms with Crippen LogP contribution in [-0.4, -0.2) is 22.9 Å². The third-order valence-corrected chi connectivity index (χ3v) is 3.03. The second-order valence-electron chi connectivity index (χ2n) is 4.38. The first-order valence-corrected chi connectivity index (χ1v) is 6.30. The minimum absolute atomic E-state index is 0.0970. The molecule has 0 saturated carbocycles. The van der Waals surface area contributed by atoms with Crippen LogP contribution in [-0.2, 0) is 0 Å². The number of nitrogens with zero attached hydrogens (tertiary/aromatic N) is 1. The number of H-pyrrole nitrogens is 1. The molecule has 20 heavy (non-hydrogen) atoms. The minimum Gasteiger partial charge on any atom is -0.355 e. The number of hydrogen-bond donors (Lipinski definition) is 3. The van der Waals surface area contributed by atoms with Gasteiger partial charge in [0.05, 0.1) is 11.0 Å². The smallest absolute Gasteiger partial charge is 0.251 e. The van der Waals surface area contributed by atoms with Gasteiger partial charge in [0.2, 0.25) is 5.95 Å². The maximum Gasteiger partial charge on any atom is 0.251 e. The lowest BCUT2D eigenvalue weighted by atomic mass is 10.2. The molecular weight excluding hydrogens is 252 g/mol. The van der Waals surface area contributed by atoms with Gasteiger partial charge in [-0.2, -0.15) is 0 Å². The number of fused-ring (bicyclic) bond motifs is 1. The molecule has 0 aliphatic heterocycles. The zero-order chi connectivity index (χ0) is 13.9. The first kappa shape index (κ1) is 12.2. The van der Waals surface area contributed by atoms with Crippen molar-refractivity contribution in [3.63, 3.8) is 0 Å². The van der Waals surface area contributed by atoms with Gasteiger partial charge in [0.25, 0.3) is 5.91 Å². The number of hydrogen-bond acceptors (Lipinski definition) is 3. The lowest BCUT2D eigenvalue weighted by Crippen LogP contribution is -2.17. The van der Waals surface area contributed by atoms with Gasteiger partial charge < -0.3 is 15.6 Å². The predicted molar refractivity (Wildman–Crippen MR) is 79.2 cm³/mol. The Morgan fingerprint density at radius 2 is 1.85 bits per heavy atom. The zero-order valence-corrected chi connectivity index (χ0v) is 11.0. The van der Waals surface area contributed by atoms with Crippen LogP contribution in [0.4, 0.5) is 11.6 Å². The van der Waals surface area contributed by atoms with Gasteiger partial charge in [0.15, 0.2) is 0 Å². The summed E-state index contributed by atoms with van der Waals surface area (Å²) in [4.78, 5) is 19.1. The maximum absolute atomic E-state index is 11.5. The fraction of sp³-hybridized carbons (Fsp3) is 0.0667. The van der Waals surface area contributed by atoms with Gasteiger partial charge in [0, 0.05) is 18.3 Å². The van der Waals surface area contributed by atoms with E-state index in [0.717, 1.165) is 16.7 Å². The van der Waals surface area contributed by atoms with Crippen molar-refractivity contribution in [2.75, 3.05) is 12.4 Å². The van der Waals surface area contributed by atoms with E-state index in [0.29, 0.717) is 11.5 Å². The van der Waals surface area contributed by atoms with Crippen molar-refractivity contribution in [1.29, 1.82) is 0 Å². The van der Waals surface area contributed by atoms with Crippen molar-refractivity contribution < 1.29 is 4.79 Å². The van der Waals surface area contributed by atoms with Crippen LogP contribution in [0, 0.1) is 0 Å². The molecule has 0 atom stereocenters. The quantitative estimate of drug-likeness (QED) is 0.682. The van der Waals surface area contributed by atoms with Crippen molar-refractivity contribution in [2.24, 2.45) is 0 Å². The van der Waals surface area contributed by atoms with Crippen molar-refractivity contribution in [2.45, 2.75) is 0 Å². The Balaban J connectivity index is 1.82. The SMILES string of the molecule is CNC(=O)c1ccc(Nc2nc3ccccc3[nH]2)cc1. The maximum atomic E-state index is 11.5. The predicted octanol–water partition coefficient (Wildman–Crippen LogP) is 2.67. The van der Waals surface area contributed by atoms with E-state index >= 15 is 0 Å². The molecule has 0 aliphatic carbocycles. The summed E-state index contributed by atoms with van der Waals surface area (Å²) in [5.41, 5.74) is 3.40. The Labute approximate surface area is 116 Å². The third kappa shape index (κ3) is 2.33. The molecule has 5 nitrogen and oxygen atoms in total. The molecule has 1 amide bonds. The summed E-state index contributed by atoms with van der Waals surface area (Å²) in [7, 11) is 1.61. The molecular formula is C15H14N4O. The number of aromatic nitrogens is 2. The summed E-state index contributed by atoms with van der Waals surface area (Å²) < 4.78 is 0. The Morgan fingerprint density at radius 3 is 2.55 bits per heavy atom. The lowest BCUT2D eigenvalue weighted by Gasteiger charge is -2.04. The highest BCUT2D eigenvalue weighted by atomic mass is 16.1. The number of anilines is 2. The van der Waals surface area contributed by atoms with Crippen LogP contribution in [0.25, 0.3) is 11.0 Å². The van der Waals surface area contributed by atoms with Gasteiger partial charge in [-0.05, 0) is 36.4 Å². The molecule has 0 aliphatic rings. The van der Waals surface area contributed by atoms with Crippen LogP contribution in [0.2, 0.25) is 0 Å². The zero-order valence-electron chi connectivity index (χ0n) is 11.0. The van der Waals surface area contributed by atoms with Crippen molar-refractivity contribution in [1.82, 2.24) is 15.3 Å². The molecule has 0 fully saturated rings. The number of carbonyl (C=O) groups excluding carboxylic acids is 1. The van der Waals surface area contributed by atoms with Gasteiger partial charge in [-0.15, -0.1) is 0 Å². The van der Waals surface area contributed by atoms with E-state index in [4.69, 9.17) is 0 Å². The Kier molecular flexibility index (Phi) is 3.09. The number of imidazole rings is 1. The Bertz CT molecular complexity index is 713. The van der Waals surface area contributed by atoms with Gasteiger partial charge in [-0.25, -0.2) is 4.98 Å². The fourth-order valence-electron chi connectivity index (χ4n) is 2.00. The van der Waals surface area contributed by atoms with Crippen LogP contribution < -0.4 is 10.6 Å². The van der Waals surface area contributed by atoms with E-state index in [9.17, 15) is 4.79 Å². The number of carbonyl (C=O) groups is 1. The normalized spacial score (nSPS) is 10.4. The lowest BCUT2D eigenvalue weighted by molar-refractivity contribution is 0.0963. The second kappa shape index (κ2) is 5.05. The standard InChI is InChI=1S/C15H14N4O/c1-16-14(20)10-6-8-11(9-7-10)17-15-18-12-4-2-3-5-13(12)19-15/h2-9H,1H3,(H,16,20)(H2,17,18,19). The number of aromatic amines is 1. The van der Waals surface area contributed by atoms with E-state index in [2.05, 4.69) is 20.6 Å². The molecule has 1 heterocycles. The summed E-state index contributed by atoms with van der Waals surface area (Å²) in [5.74, 6) is 0.583. The van der Waals surface area contributed by atoms with E-state index in [1.165, 1.54) is 0 Å². The number of benzene rings is 2. The number of amides is 1. The molecule has 3 rings (SSSR count). The summed E-state index contributed by atoms with van der Waals surface area (Å²) in [6, 6.07) is 15.1. The molecule has 3 aromatic rings. The molecule has 0 spiro atoms. The average Bonchev–Trinajstić information content (AvgIpc) is 2.89. The van der Waals surface area contributed by atoms with Crippen LogP contribution >= 0.6 is 0 Å². The molecule has 1 aromatic heterocycles. The van der Waals surface area contributed by atoms with Crippen molar-refractivity contribution in [3.8, 4) is 0 Å². The van der Waals surface area contributed by atoms with Gasteiger partial charge in [0.1, 0.15) is 0 Å². The molecule has 2 aromatic carbocycles. The highest BCUT2D eigenvalue weighted by Crippen LogP contribution is 2.18. The van der Waals surface area contributed by atoms with Crippen molar-refractivity contribution >= 4 is 28.6 Å². The second-order valence-corrected chi connectivity index (χ2v) is 4.38. The topological polar surface area (TPSA) is 69.8 Å². The molecule has 0 unspecified atom stereocenters. The highest BCUT2D eigenvalue weighted by Gasteiger charge is 2.04. The van der Waals surface area contributed by atoms with Gasteiger partial charge in [-0.1, -0.05) is 12.1 Å². The average molecular weight is 266 g/mol. The third-order valence-electron chi connectivity index (χ3n) is 3.03. The van der Waals surface area contributed by atoms with Crippen LogP contribution in [0.3, 0.4) is 0 Å². The molecule has 0 saturated heterocycles. The first-order chi connectivity index (χ1) is 9.76. The Morgan fingerprint density at radius 1 is 1.10 bits per heavy atom. The van der Waals surface area contributed by atoms with Crippen LogP contribution in [0.1, 0.15) is 10.4 Å². The van der Waals surface area contributed by atoms with Crippen molar-refractivity contribution in [3.05, 3.63) is 54.1 Å². The highest BCUT2D eigenvalue weighted by molar-refractivity contribution is 5.94.